The molecule has 1 heterocycles. The van der Waals surface area contributed by atoms with Gasteiger partial charge in [-0.05, 0) is 0 Å². The van der Waals surface area contributed by atoms with E-state index in [9.17, 15) is 24.0 Å². The van der Waals surface area contributed by atoms with E-state index in [1.807, 2.05) is 5.32 Å². The van der Waals surface area contributed by atoms with Crippen molar-refractivity contribution in [2.45, 2.75) is 37.0 Å². The molecule has 0 fully saturated rings. The number of aliphatic carboxylic acids is 1. The number of carbonyl (C=O) groups is 5. The number of nitrogens with one attached hydrogen (secondary N) is 4. The molecule has 1 aromatic heterocycles. The second kappa shape index (κ2) is 12.2. The fourth-order valence-corrected chi connectivity index (χ4v) is 2.33. The molecule has 4 atom stereocenters. The first-order valence-electron chi connectivity index (χ1n) is 8.95. The average Bonchev–Trinajstić information content (AvgIpc) is 3.22. The van der Waals surface area contributed by atoms with Crippen LogP contribution < -0.4 is 27.4 Å². The first-order valence-corrected chi connectivity index (χ1v) is 8.95. The van der Waals surface area contributed by atoms with E-state index in [0.717, 1.165) is 0 Å². The number of H-pyrrole nitrogens is 1. The number of aliphatic hydroxyl groups is 2. The summed E-state index contributed by atoms with van der Waals surface area (Å²) in [5.41, 5.74) is 11.0. The highest BCUT2D eigenvalue weighted by Crippen LogP contribution is 2.02. The minimum atomic E-state index is -1.68. The molecule has 0 radical (unpaired) electrons. The first kappa shape index (κ1) is 25.5. The zero-order valence-corrected chi connectivity index (χ0v) is 16.3. The van der Waals surface area contributed by atoms with E-state index >= 15 is 0 Å². The van der Waals surface area contributed by atoms with Crippen LogP contribution in [0.15, 0.2) is 12.5 Å². The zero-order chi connectivity index (χ0) is 23.6. The number of carboxylic acid groups (broad SMARTS) is 1. The number of carbonyl (C=O) groups excluding carboxylic acids is 4. The van der Waals surface area contributed by atoms with Crippen LogP contribution >= 0.6 is 0 Å². The molecule has 1 aromatic rings. The predicted octanol–water partition coefficient (Wildman–Crippen LogP) is -5.32. The monoisotopic (exact) mass is 443 g/mol. The van der Waals surface area contributed by atoms with Crippen LogP contribution in [0.4, 0.5) is 0 Å². The zero-order valence-electron chi connectivity index (χ0n) is 16.3. The van der Waals surface area contributed by atoms with Crippen molar-refractivity contribution in [2.75, 3.05) is 13.2 Å². The number of aliphatic hydroxyl groups excluding tert-OH is 2. The van der Waals surface area contributed by atoms with Crippen molar-refractivity contribution in [1.82, 2.24) is 25.9 Å². The van der Waals surface area contributed by atoms with Crippen LogP contribution in [0.2, 0.25) is 0 Å². The topological polar surface area (TPSA) is 263 Å². The number of nitrogens with two attached hydrogens (primary N) is 2. The molecule has 4 unspecified atom stereocenters. The highest BCUT2D eigenvalue weighted by molar-refractivity contribution is 5.96. The molecule has 0 aliphatic rings. The van der Waals surface area contributed by atoms with E-state index in [1.165, 1.54) is 12.5 Å². The number of nitrogens with zero attached hydrogens (tertiary/aromatic N) is 1. The maximum absolute atomic E-state index is 12.7. The standard InChI is InChI=1S/C16H25N7O8/c17-8(4-24)13(27)21-9(1-7-3-19-6-20-7)14(28)22-10(2-12(18)26)15(29)23-11(5-25)16(30)31/h3,6,8-11,24-25H,1-2,4-5,17H2,(H2,18,26)(H,19,20)(H,21,27)(H,22,28)(H,23,29)(H,30,31). The number of aromatic amines is 1. The maximum atomic E-state index is 12.7. The van der Waals surface area contributed by atoms with Crippen LogP contribution in [-0.4, -0.2) is 92.3 Å². The Bertz CT molecular complexity index is 785. The van der Waals surface area contributed by atoms with Gasteiger partial charge in [-0.1, -0.05) is 0 Å². The molecular weight excluding hydrogens is 418 g/mol. The molecule has 0 saturated heterocycles. The van der Waals surface area contributed by atoms with Gasteiger partial charge in [0, 0.05) is 18.3 Å². The molecule has 15 nitrogen and oxygen atoms in total. The number of rotatable bonds is 13. The van der Waals surface area contributed by atoms with Crippen molar-refractivity contribution in [3.8, 4) is 0 Å². The van der Waals surface area contributed by atoms with E-state index in [4.69, 9.17) is 26.8 Å². The smallest absolute Gasteiger partial charge is 0.328 e. The largest absolute Gasteiger partial charge is 0.480 e. The van der Waals surface area contributed by atoms with Crippen LogP contribution in [0.1, 0.15) is 12.1 Å². The second-order valence-corrected chi connectivity index (χ2v) is 6.44. The highest BCUT2D eigenvalue weighted by atomic mass is 16.4. The van der Waals surface area contributed by atoms with Crippen molar-refractivity contribution in [3.05, 3.63) is 18.2 Å². The molecule has 11 N–H and O–H groups in total. The third kappa shape index (κ3) is 8.37. The van der Waals surface area contributed by atoms with Gasteiger partial charge in [-0.2, -0.15) is 0 Å². The summed E-state index contributed by atoms with van der Waals surface area (Å²) >= 11 is 0. The molecule has 172 valence electrons. The summed E-state index contributed by atoms with van der Waals surface area (Å²) in [6.45, 7) is -1.62. The number of carboxylic acids is 1. The number of imidazole rings is 1. The Morgan fingerprint density at radius 1 is 0.968 bits per heavy atom. The average molecular weight is 443 g/mol. The number of primary amides is 1. The van der Waals surface area contributed by atoms with Gasteiger partial charge < -0.3 is 47.7 Å². The molecular formula is C16H25N7O8. The van der Waals surface area contributed by atoms with Gasteiger partial charge in [0.15, 0.2) is 0 Å². The Morgan fingerprint density at radius 2 is 1.55 bits per heavy atom. The number of hydrogen-bond donors (Lipinski definition) is 9. The fourth-order valence-electron chi connectivity index (χ4n) is 2.33. The van der Waals surface area contributed by atoms with Gasteiger partial charge in [0.1, 0.15) is 24.2 Å². The Balaban J connectivity index is 3.01. The normalized spacial score (nSPS) is 14.5. The summed E-state index contributed by atoms with van der Waals surface area (Å²) in [4.78, 5) is 65.9. The Hall–Kier alpha value is -3.56. The van der Waals surface area contributed by atoms with Crippen LogP contribution in [0.5, 0.6) is 0 Å². The molecule has 0 spiro atoms. The van der Waals surface area contributed by atoms with E-state index in [0.29, 0.717) is 5.69 Å². The second-order valence-electron chi connectivity index (χ2n) is 6.44. The van der Waals surface area contributed by atoms with Gasteiger partial charge in [0.05, 0.1) is 26.0 Å². The van der Waals surface area contributed by atoms with Gasteiger partial charge in [-0.15, -0.1) is 0 Å². The molecule has 1 rings (SSSR count). The predicted molar refractivity (Wildman–Crippen MR) is 102 cm³/mol. The summed E-state index contributed by atoms with van der Waals surface area (Å²) in [5, 5.41) is 33.5. The molecule has 4 amide bonds. The number of hydrogen-bond acceptors (Lipinski definition) is 9. The van der Waals surface area contributed by atoms with Crippen molar-refractivity contribution >= 4 is 29.6 Å². The van der Waals surface area contributed by atoms with E-state index in [2.05, 4.69) is 20.6 Å². The lowest BCUT2D eigenvalue weighted by atomic mass is 10.1. The summed E-state index contributed by atoms with van der Waals surface area (Å²) in [6, 6.07) is -5.89. The van der Waals surface area contributed by atoms with Gasteiger partial charge in [-0.3, -0.25) is 19.2 Å². The number of aromatic nitrogens is 2. The van der Waals surface area contributed by atoms with Crippen molar-refractivity contribution in [2.24, 2.45) is 11.5 Å². The van der Waals surface area contributed by atoms with Crippen molar-refractivity contribution < 1.29 is 39.3 Å². The van der Waals surface area contributed by atoms with Gasteiger partial charge in [0.25, 0.3) is 0 Å². The number of amides is 4. The van der Waals surface area contributed by atoms with Gasteiger partial charge >= 0.3 is 5.97 Å². The van der Waals surface area contributed by atoms with E-state index in [-0.39, 0.29) is 6.42 Å². The lowest BCUT2D eigenvalue weighted by Gasteiger charge is -2.24. The highest BCUT2D eigenvalue weighted by Gasteiger charge is 2.31. The van der Waals surface area contributed by atoms with Crippen LogP contribution in [0, 0.1) is 0 Å². The summed E-state index contributed by atoms with van der Waals surface area (Å²) < 4.78 is 0. The minimum absolute atomic E-state index is 0.116. The Labute approximate surface area is 175 Å². The van der Waals surface area contributed by atoms with Crippen molar-refractivity contribution in [1.29, 1.82) is 0 Å². The Morgan fingerprint density at radius 3 is 2.03 bits per heavy atom. The van der Waals surface area contributed by atoms with Gasteiger partial charge in [-0.25, -0.2) is 9.78 Å². The van der Waals surface area contributed by atoms with E-state index in [1.54, 1.807) is 0 Å². The molecule has 0 aliphatic heterocycles. The minimum Gasteiger partial charge on any atom is -0.480 e. The summed E-state index contributed by atoms with van der Waals surface area (Å²) in [6.07, 6.45) is 1.91. The SMILES string of the molecule is NC(=O)CC(NC(=O)C(Cc1cnc[nH]1)NC(=O)C(N)CO)C(=O)NC(CO)C(=O)O. The third-order valence-corrected chi connectivity index (χ3v) is 3.98. The first-order chi connectivity index (χ1) is 14.6. The van der Waals surface area contributed by atoms with Crippen LogP contribution in [-0.2, 0) is 30.4 Å². The van der Waals surface area contributed by atoms with Crippen molar-refractivity contribution in [3.63, 3.8) is 0 Å². The molecule has 0 saturated carbocycles. The lowest BCUT2D eigenvalue weighted by molar-refractivity contribution is -0.143. The van der Waals surface area contributed by atoms with Gasteiger partial charge in [0.2, 0.25) is 23.6 Å². The molecule has 0 aliphatic carbocycles. The maximum Gasteiger partial charge on any atom is 0.328 e. The Kier molecular flexibility index (Phi) is 10.0. The van der Waals surface area contributed by atoms with Crippen LogP contribution in [0.25, 0.3) is 0 Å². The fraction of sp³-hybridized carbons (Fsp3) is 0.500. The molecule has 15 heteroatoms. The third-order valence-electron chi connectivity index (χ3n) is 3.98. The molecule has 0 bridgehead atoms. The summed E-state index contributed by atoms with van der Waals surface area (Å²) in [5.74, 6) is -5.39. The quantitative estimate of drug-likeness (QED) is 0.140. The van der Waals surface area contributed by atoms with Crippen LogP contribution in [0.3, 0.4) is 0 Å². The molecule has 31 heavy (non-hydrogen) atoms. The summed E-state index contributed by atoms with van der Waals surface area (Å²) in [7, 11) is 0. The lowest BCUT2D eigenvalue weighted by Crippen LogP contribution is -2.58. The molecule has 0 aromatic carbocycles. The van der Waals surface area contributed by atoms with E-state index < -0.39 is 73.4 Å².